The van der Waals surface area contributed by atoms with Crippen LogP contribution in [0.5, 0.6) is 5.75 Å². The number of rotatable bonds is 12. The van der Waals surface area contributed by atoms with Gasteiger partial charge in [0.25, 0.3) is 0 Å². The van der Waals surface area contributed by atoms with E-state index < -0.39 is 54.6 Å². The van der Waals surface area contributed by atoms with Crippen molar-refractivity contribution in [2.75, 3.05) is 13.2 Å². The zero-order valence-electron chi connectivity index (χ0n) is 22.6. The van der Waals surface area contributed by atoms with E-state index in [0.29, 0.717) is 12.0 Å². The van der Waals surface area contributed by atoms with Crippen LogP contribution in [0.25, 0.3) is 22.1 Å². The lowest BCUT2D eigenvalue weighted by Gasteiger charge is -2.29. The standard InChI is InChI=1S/C30H30F6O5/c1-4-6-7-8-19-9-12-22(24(13-19)30(34,35)36)23-14-20-10-11-21(15-25(20)41-27(23)38)39-17-28(3,16-29(31,32)33)18-40-26(37)5-2/h5,9-15H,2,4,6-8,16-18H2,1,3H3. The van der Waals surface area contributed by atoms with Gasteiger partial charge >= 0.3 is 23.9 Å². The number of benzene rings is 2. The molecule has 3 aromatic rings. The van der Waals surface area contributed by atoms with Crippen LogP contribution in [0.1, 0.15) is 50.7 Å². The van der Waals surface area contributed by atoms with Crippen LogP contribution >= 0.6 is 0 Å². The summed E-state index contributed by atoms with van der Waals surface area (Å²) in [4.78, 5) is 24.2. The van der Waals surface area contributed by atoms with Gasteiger partial charge in [-0.3, -0.25) is 0 Å². The molecule has 0 aliphatic carbocycles. The van der Waals surface area contributed by atoms with Gasteiger partial charge < -0.3 is 13.9 Å². The Labute approximate surface area is 232 Å². The van der Waals surface area contributed by atoms with E-state index in [2.05, 4.69) is 6.58 Å². The van der Waals surface area contributed by atoms with Crippen LogP contribution in [0.4, 0.5) is 26.3 Å². The number of carbonyl (C=O) groups is 1. The largest absolute Gasteiger partial charge is 0.493 e. The van der Waals surface area contributed by atoms with Gasteiger partial charge in [-0.1, -0.05) is 45.4 Å². The molecule has 1 heterocycles. The van der Waals surface area contributed by atoms with Crippen LogP contribution in [-0.4, -0.2) is 25.4 Å². The molecule has 11 heteroatoms. The van der Waals surface area contributed by atoms with Gasteiger partial charge in [-0.15, -0.1) is 0 Å². The molecule has 5 nitrogen and oxygen atoms in total. The number of fused-ring (bicyclic) bond motifs is 1. The first-order chi connectivity index (χ1) is 19.1. The highest BCUT2D eigenvalue weighted by Crippen LogP contribution is 2.38. The second-order valence-corrected chi connectivity index (χ2v) is 10.2. The molecular weight excluding hydrogens is 554 g/mol. The molecule has 41 heavy (non-hydrogen) atoms. The molecule has 0 amide bonds. The second-order valence-electron chi connectivity index (χ2n) is 10.2. The van der Waals surface area contributed by atoms with Gasteiger partial charge in [-0.25, -0.2) is 9.59 Å². The Morgan fingerprint density at radius 2 is 1.71 bits per heavy atom. The monoisotopic (exact) mass is 584 g/mol. The minimum atomic E-state index is -4.71. The average Bonchev–Trinajstić information content (AvgIpc) is 2.89. The Hall–Kier alpha value is -3.76. The van der Waals surface area contributed by atoms with Crippen molar-refractivity contribution < 1.29 is 45.0 Å². The predicted molar refractivity (Wildman–Crippen MR) is 142 cm³/mol. The number of hydrogen-bond donors (Lipinski definition) is 0. The Bertz CT molecular complexity index is 1440. The maximum absolute atomic E-state index is 14.0. The first-order valence-corrected chi connectivity index (χ1v) is 12.9. The Morgan fingerprint density at radius 3 is 2.34 bits per heavy atom. The number of halogens is 6. The van der Waals surface area contributed by atoms with E-state index in [-0.39, 0.29) is 27.8 Å². The summed E-state index contributed by atoms with van der Waals surface area (Å²) in [6, 6.07) is 9.21. The molecule has 0 N–H and O–H groups in total. The number of ether oxygens (including phenoxy) is 2. The van der Waals surface area contributed by atoms with Crippen molar-refractivity contribution in [3.05, 3.63) is 76.7 Å². The number of hydrogen-bond acceptors (Lipinski definition) is 5. The maximum atomic E-state index is 14.0. The molecule has 0 fully saturated rings. The fourth-order valence-corrected chi connectivity index (χ4v) is 4.35. The summed E-state index contributed by atoms with van der Waals surface area (Å²) < 4.78 is 97.0. The zero-order valence-corrected chi connectivity index (χ0v) is 22.6. The highest BCUT2D eigenvalue weighted by molar-refractivity contribution is 5.83. The molecule has 0 saturated carbocycles. The van der Waals surface area contributed by atoms with Gasteiger partial charge in [0.15, 0.2) is 0 Å². The third-order valence-electron chi connectivity index (χ3n) is 6.40. The van der Waals surface area contributed by atoms with E-state index in [1.165, 1.54) is 37.3 Å². The summed E-state index contributed by atoms with van der Waals surface area (Å²) in [7, 11) is 0. The predicted octanol–water partition coefficient (Wildman–Crippen LogP) is 8.28. The quantitative estimate of drug-likeness (QED) is 0.0705. The first-order valence-electron chi connectivity index (χ1n) is 12.9. The minimum Gasteiger partial charge on any atom is -0.493 e. The Balaban J connectivity index is 1.90. The lowest BCUT2D eigenvalue weighted by Crippen LogP contribution is -2.36. The second kappa shape index (κ2) is 12.8. The highest BCUT2D eigenvalue weighted by Gasteiger charge is 2.41. The van der Waals surface area contributed by atoms with Crippen LogP contribution in [0, 0.1) is 5.41 Å². The van der Waals surface area contributed by atoms with E-state index in [1.54, 1.807) is 6.07 Å². The summed E-state index contributed by atoms with van der Waals surface area (Å²) in [5.74, 6) is -0.842. The lowest BCUT2D eigenvalue weighted by atomic mass is 9.88. The molecule has 1 aromatic heterocycles. The van der Waals surface area contributed by atoms with E-state index in [1.807, 2.05) is 6.92 Å². The van der Waals surface area contributed by atoms with Crippen molar-refractivity contribution in [3.63, 3.8) is 0 Å². The lowest BCUT2D eigenvalue weighted by molar-refractivity contribution is -0.172. The summed E-state index contributed by atoms with van der Waals surface area (Å²) in [6.45, 7) is 5.33. The molecule has 1 atom stereocenters. The summed E-state index contributed by atoms with van der Waals surface area (Å²) in [6.07, 6.45) is -6.74. The number of aryl methyl sites for hydroxylation is 1. The van der Waals surface area contributed by atoms with Gasteiger partial charge in [0.05, 0.1) is 24.2 Å². The minimum absolute atomic E-state index is 0.0309. The molecule has 3 rings (SSSR count). The van der Waals surface area contributed by atoms with Crippen molar-refractivity contribution in [2.24, 2.45) is 5.41 Å². The first kappa shape index (κ1) is 31.8. The summed E-state index contributed by atoms with van der Waals surface area (Å²) in [5, 5.41) is 0.282. The van der Waals surface area contributed by atoms with Crippen LogP contribution in [-0.2, 0) is 22.1 Å². The van der Waals surface area contributed by atoms with Gasteiger partial charge in [-0.2, -0.15) is 26.3 Å². The van der Waals surface area contributed by atoms with Crippen LogP contribution < -0.4 is 10.4 Å². The maximum Gasteiger partial charge on any atom is 0.417 e. The molecule has 0 aliphatic heterocycles. The van der Waals surface area contributed by atoms with Gasteiger partial charge in [0, 0.05) is 28.5 Å². The van der Waals surface area contributed by atoms with Crippen LogP contribution in [0.3, 0.4) is 0 Å². The fraction of sp³-hybridized carbons (Fsp3) is 0.400. The van der Waals surface area contributed by atoms with Crippen LogP contribution in [0.15, 0.2) is 64.3 Å². The van der Waals surface area contributed by atoms with Crippen molar-refractivity contribution in [2.45, 2.75) is 58.3 Å². The van der Waals surface area contributed by atoms with E-state index in [9.17, 15) is 35.9 Å². The molecule has 0 spiro atoms. The third kappa shape index (κ3) is 8.86. The van der Waals surface area contributed by atoms with E-state index in [4.69, 9.17) is 13.9 Å². The molecule has 0 aliphatic rings. The van der Waals surface area contributed by atoms with Gasteiger partial charge in [-0.05, 0) is 42.7 Å². The number of esters is 1. The molecular formula is C30H30F6O5. The third-order valence-corrected chi connectivity index (χ3v) is 6.40. The Morgan fingerprint density at radius 1 is 0.976 bits per heavy atom. The molecule has 0 saturated heterocycles. The van der Waals surface area contributed by atoms with Crippen LogP contribution in [0.2, 0.25) is 0 Å². The smallest absolute Gasteiger partial charge is 0.417 e. The van der Waals surface area contributed by atoms with E-state index in [0.717, 1.165) is 31.4 Å². The average molecular weight is 585 g/mol. The summed E-state index contributed by atoms with van der Waals surface area (Å²) in [5.41, 5.74) is -3.72. The molecule has 2 aromatic carbocycles. The number of alkyl halides is 6. The zero-order chi connectivity index (χ0) is 30.4. The molecule has 222 valence electrons. The Kier molecular flexibility index (Phi) is 9.94. The van der Waals surface area contributed by atoms with Gasteiger partial charge in [0.1, 0.15) is 17.9 Å². The van der Waals surface area contributed by atoms with E-state index >= 15 is 0 Å². The number of unbranched alkanes of at least 4 members (excludes halogenated alkanes) is 2. The van der Waals surface area contributed by atoms with Crippen molar-refractivity contribution in [1.29, 1.82) is 0 Å². The topological polar surface area (TPSA) is 65.7 Å². The highest BCUT2D eigenvalue weighted by atomic mass is 19.4. The molecule has 0 bridgehead atoms. The van der Waals surface area contributed by atoms with Crippen molar-refractivity contribution in [1.82, 2.24) is 0 Å². The fourth-order valence-electron chi connectivity index (χ4n) is 4.35. The van der Waals surface area contributed by atoms with Crippen molar-refractivity contribution in [3.8, 4) is 16.9 Å². The molecule has 1 unspecified atom stereocenters. The normalized spacial score (nSPS) is 13.6. The molecule has 0 radical (unpaired) electrons. The van der Waals surface area contributed by atoms with Gasteiger partial charge in [0.2, 0.25) is 0 Å². The number of carbonyl (C=O) groups excluding carboxylic acids is 1. The SMILES string of the molecule is C=CC(=O)OCC(C)(COc1ccc2cc(-c3ccc(CCCCC)cc3C(F)(F)F)c(=O)oc2c1)CC(F)(F)F. The van der Waals surface area contributed by atoms with Crippen molar-refractivity contribution >= 4 is 16.9 Å². The summed E-state index contributed by atoms with van der Waals surface area (Å²) >= 11 is 0.